The van der Waals surface area contributed by atoms with Gasteiger partial charge in [-0.2, -0.15) is 0 Å². The van der Waals surface area contributed by atoms with E-state index in [0.29, 0.717) is 5.56 Å². The third-order valence-corrected chi connectivity index (χ3v) is 2.39. The molecular formula is C10H8ClN3O2. The lowest BCUT2D eigenvalue weighted by Crippen LogP contribution is -2.12. The van der Waals surface area contributed by atoms with Crippen LogP contribution in [0, 0.1) is 0 Å². The van der Waals surface area contributed by atoms with Crippen LogP contribution in [0.15, 0.2) is 29.1 Å². The Morgan fingerprint density at radius 2 is 2.06 bits per heavy atom. The van der Waals surface area contributed by atoms with E-state index in [0.717, 1.165) is 0 Å². The Hall–Kier alpha value is -2.01. The number of H-pyrrole nitrogens is 1. The van der Waals surface area contributed by atoms with E-state index in [2.05, 4.69) is 9.97 Å². The fraction of sp³-hybridized carbons (Fsp3) is 0. The van der Waals surface area contributed by atoms with Gasteiger partial charge in [0.2, 0.25) is 5.95 Å². The van der Waals surface area contributed by atoms with Gasteiger partial charge < -0.3 is 10.8 Å². The van der Waals surface area contributed by atoms with Crippen molar-refractivity contribution in [2.75, 3.05) is 5.73 Å². The molecule has 2 aromatic rings. The molecule has 0 aliphatic carbocycles. The monoisotopic (exact) mass is 237 g/mol. The van der Waals surface area contributed by atoms with Gasteiger partial charge in [-0.25, -0.2) is 4.98 Å². The quantitative estimate of drug-likeness (QED) is 0.699. The van der Waals surface area contributed by atoms with Crippen LogP contribution in [0.2, 0.25) is 5.02 Å². The zero-order valence-electron chi connectivity index (χ0n) is 8.07. The van der Waals surface area contributed by atoms with Crippen molar-refractivity contribution < 1.29 is 5.11 Å². The first-order valence-corrected chi connectivity index (χ1v) is 4.81. The number of nitrogens with one attached hydrogen (secondary N) is 1. The highest BCUT2D eigenvalue weighted by molar-refractivity contribution is 6.32. The molecule has 6 heteroatoms. The Morgan fingerprint density at radius 1 is 1.38 bits per heavy atom. The second-order valence-corrected chi connectivity index (χ2v) is 3.51. The fourth-order valence-corrected chi connectivity index (χ4v) is 1.52. The van der Waals surface area contributed by atoms with Crippen molar-refractivity contribution in [1.82, 2.24) is 9.97 Å². The number of benzene rings is 1. The molecule has 0 spiro atoms. The van der Waals surface area contributed by atoms with Gasteiger partial charge in [0.1, 0.15) is 16.5 Å². The minimum absolute atomic E-state index is 0.0121. The van der Waals surface area contributed by atoms with Gasteiger partial charge in [0.05, 0.1) is 0 Å². The Balaban J connectivity index is 2.74. The molecule has 0 fully saturated rings. The zero-order chi connectivity index (χ0) is 11.7. The van der Waals surface area contributed by atoms with Gasteiger partial charge in [0, 0.05) is 5.56 Å². The van der Waals surface area contributed by atoms with Crippen LogP contribution in [-0.4, -0.2) is 15.1 Å². The number of phenolic OH excluding ortho intramolecular Hbond substituents is 1. The van der Waals surface area contributed by atoms with Crippen LogP contribution in [0.3, 0.4) is 0 Å². The Kier molecular flexibility index (Phi) is 2.54. The van der Waals surface area contributed by atoms with Crippen LogP contribution in [0.25, 0.3) is 11.3 Å². The predicted octanol–water partition coefficient (Wildman–Crippen LogP) is 1.38. The topological polar surface area (TPSA) is 92.0 Å². The molecule has 82 valence electrons. The van der Waals surface area contributed by atoms with E-state index in [-0.39, 0.29) is 22.4 Å². The minimum Gasteiger partial charge on any atom is -0.507 e. The van der Waals surface area contributed by atoms with Crippen molar-refractivity contribution in [3.8, 4) is 17.0 Å². The lowest BCUT2D eigenvalue weighted by Gasteiger charge is -2.05. The van der Waals surface area contributed by atoms with E-state index in [4.69, 9.17) is 17.3 Å². The van der Waals surface area contributed by atoms with Gasteiger partial charge in [-0.15, -0.1) is 0 Å². The molecule has 0 bridgehead atoms. The van der Waals surface area contributed by atoms with Crippen LogP contribution in [0.4, 0.5) is 5.95 Å². The van der Waals surface area contributed by atoms with Crippen LogP contribution >= 0.6 is 11.6 Å². The number of nitrogens with zero attached hydrogens (tertiary/aromatic N) is 1. The number of aromatic amines is 1. The maximum Gasteiger partial charge on any atom is 0.271 e. The number of nitrogens with two attached hydrogens (primary N) is 1. The van der Waals surface area contributed by atoms with Crippen LogP contribution in [-0.2, 0) is 0 Å². The van der Waals surface area contributed by atoms with Gasteiger partial charge >= 0.3 is 0 Å². The molecule has 16 heavy (non-hydrogen) atoms. The van der Waals surface area contributed by atoms with E-state index < -0.39 is 5.56 Å². The smallest absolute Gasteiger partial charge is 0.271 e. The number of rotatable bonds is 1. The highest BCUT2D eigenvalue weighted by Crippen LogP contribution is 2.30. The molecular weight excluding hydrogens is 230 g/mol. The molecule has 0 atom stereocenters. The molecule has 0 aliphatic heterocycles. The van der Waals surface area contributed by atoms with E-state index in [1.165, 1.54) is 6.07 Å². The van der Waals surface area contributed by atoms with Crippen molar-refractivity contribution in [3.05, 3.63) is 39.6 Å². The molecule has 2 rings (SSSR count). The first-order valence-electron chi connectivity index (χ1n) is 4.43. The summed E-state index contributed by atoms with van der Waals surface area (Å²) < 4.78 is 0. The number of hydrogen-bond donors (Lipinski definition) is 3. The average Bonchev–Trinajstić information content (AvgIpc) is 2.24. The van der Waals surface area contributed by atoms with Gasteiger partial charge in [-0.1, -0.05) is 23.7 Å². The van der Waals surface area contributed by atoms with Gasteiger partial charge in [-0.05, 0) is 12.1 Å². The number of para-hydroxylation sites is 1. The summed E-state index contributed by atoms with van der Waals surface area (Å²) in [5.74, 6) is -0.0606. The summed E-state index contributed by atoms with van der Waals surface area (Å²) in [4.78, 5) is 17.5. The molecule has 1 heterocycles. The molecule has 0 radical (unpaired) electrons. The summed E-state index contributed by atoms with van der Waals surface area (Å²) in [7, 11) is 0. The van der Waals surface area contributed by atoms with Crippen molar-refractivity contribution in [2.45, 2.75) is 0 Å². The number of aromatic nitrogens is 2. The summed E-state index contributed by atoms with van der Waals surface area (Å²) in [6.45, 7) is 0. The number of anilines is 1. The molecule has 0 saturated carbocycles. The fourth-order valence-electron chi connectivity index (χ4n) is 1.33. The second kappa shape index (κ2) is 3.86. The molecule has 1 aromatic carbocycles. The first-order chi connectivity index (χ1) is 7.59. The number of phenols is 1. The number of hydrogen-bond acceptors (Lipinski definition) is 4. The normalized spacial score (nSPS) is 10.3. The standard InChI is InChI=1S/C10H8ClN3O2/c11-7-8(13-10(12)14-9(7)16)5-3-1-2-4-6(5)15/h1-4,15H,(H3,12,13,14,16). The second-order valence-electron chi connectivity index (χ2n) is 3.13. The zero-order valence-corrected chi connectivity index (χ0v) is 8.82. The molecule has 0 saturated heterocycles. The molecule has 5 nitrogen and oxygen atoms in total. The molecule has 1 aromatic heterocycles. The lowest BCUT2D eigenvalue weighted by atomic mass is 10.1. The molecule has 0 aliphatic rings. The summed E-state index contributed by atoms with van der Waals surface area (Å²) >= 11 is 5.80. The summed E-state index contributed by atoms with van der Waals surface area (Å²) in [6, 6.07) is 6.43. The van der Waals surface area contributed by atoms with Gasteiger partial charge in [0.25, 0.3) is 5.56 Å². The molecule has 4 N–H and O–H groups in total. The van der Waals surface area contributed by atoms with Crippen molar-refractivity contribution in [2.24, 2.45) is 0 Å². The maximum absolute atomic E-state index is 11.4. The Bertz CT molecular complexity index is 595. The van der Waals surface area contributed by atoms with Gasteiger partial charge in [-0.3, -0.25) is 9.78 Å². The van der Waals surface area contributed by atoms with Crippen LogP contribution < -0.4 is 11.3 Å². The number of aromatic hydroxyl groups is 1. The number of halogens is 1. The van der Waals surface area contributed by atoms with E-state index >= 15 is 0 Å². The minimum atomic E-state index is -0.535. The predicted molar refractivity (Wildman–Crippen MR) is 61.4 cm³/mol. The third kappa shape index (κ3) is 1.72. The van der Waals surface area contributed by atoms with E-state index in [1.54, 1.807) is 18.2 Å². The summed E-state index contributed by atoms with van der Waals surface area (Å²) in [6.07, 6.45) is 0. The maximum atomic E-state index is 11.4. The van der Waals surface area contributed by atoms with Crippen molar-refractivity contribution in [1.29, 1.82) is 0 Å². The Morgan fingerprint density at radius 3 is 2.75 bits per heavy atom. The average molecular weight is 238 g/mol. The third-order valence-electron chi connectivity index (χ3n) is 2.04. The summed E-state index contributed by atoms with van der Waals surface area (Å²) in [5.41, 5.74) is 5.41. The molecule has 0 unspecified atom stereocenters. The van der Waals surface area contributed by atoms with Crippen LogP contribution in [0.1, 0.15) is 0 Å². The van der Waals surface area contributed by atoms with E-state index in [9.17, 15) is 9.90 Å². The lowest BCUT2D eigenvalue weighted by molar-refractivity contribution is 0.477. The first kappa shape index (κ1) is 10.5. The highest BCUT2D eigenvalue weighted by atomic mass is 35.5. The van der Waals surface area contributed by atoms with Crippen LogP contribution in [0.5, 0.6) is 5.75 Å². The highest BCUT2D eigenvalue weighted by Gasteiger charge is 2.13. The number of nitrogen functional groups attached to an aromatic ring is 1. The van der Waals surface area contributed by atoms with Gasteiger partial charge in [0.15, 0.2) is 0 Å². The largest absolute Gasteiger partial charge is 0.507 e. The van der Waals surface area contributed by atoms with E-state index in [1.807, 2.05) is 0 Å². The van der Waals surface area contributed by atoms with Crippen molar-refractivity contribution >= 4 is 17.5 Å². The Labute approximate surface area is 95.5 Å². The summed E-state index contributed by atoms with van der Waals surface area (Å²) in [5, 5.41) is 9.52. The molecule has 0 amide bonds. The van der Waals surface area contributed by atoms with Crippen molar-refractivity contribution in [3.63, 3.8) is 0 Å². The SMILES string of the molecule is Nc1nc(-c2ccccc2O)c(Cl)c(=O)[nH]1.